The second kappa shape index (κ2) is 9.88. The minimum Gasteiger partial charge on any atom is -0.444 e. The summed E-state index contributed by atoms with van der Waals surface area (Å²) in [6.07, 6.45) is 1.81. The summed E-state index contributed by atoms with van der Waals surface area (Å²) in [5.74, 6) is 0.451. The Balaban J connectivity index is 1.58. The minimum absolute atomic E-state index is 0.191. The van der Waals surface area contributed by atoms with Crippen LogP contribution >= 0.6 is 7.92 Å². The molecule has 1 atom stereocenters. The number of rotatable bonds is 5. The number of carbonyl (C=O) groups is 1. The third-order valence-electron chi connectivity index (χ3n) is 5.71. The van der Waals surface area contributed by atoms with E-state index < -0.39 is 13.5 Å². The van der Waals surface area contributed by atoms with Gasteiger partial charge in [-0.2, -0.15) is 0 Å². The lowest BCUT2D eigenvalue weighted by Gasteiger charge is -2.25. The Morgan fingerprint density at radius 2 is 1.47 bits per heavy atom. The van der Waals surface area contributed by atoms with E-state index in [2.05, 4.69) is 84.9 Å². The molecule has 0 spiro atoms. The fourth-order valence-electron chi connectivity index (χ4n) is 4.29. The molecule has 0 radical (unpaired) electrons. The number of amides is 1. The van der Waals surface area contributed by atoms with Crippen molar-refractivity contribution >= 4 is 29.9 Å². The van der Waals surface area contributed by atoms with Crippen LogP contribution in [0.15, 0.2) is 84.9 Å². The summed E-state index contributed by atoms with van der Waals surface area (Å²) in [4.78, 5) is 14.4. The van der Waals surface area contributed by atoms with Gasteiger partial charge in [0.1, 0.15) is 5.60 Å². The minimum atomic E-state index is -0.634. The van der Waals surface area contributed by atoms with E-state index in [0.717, 1.165) is 25.9 Å². The van der Waals surface area contributed by atoms with E-state index >= 15 is 0 Å². The summed E-state index contributed by atoms with van der Waals surface area (Å²) in [7, 11) is -0.634. The van der Waals surface area contributed by atoms with Crippen LogP contribution in [0.4, 0.5) is 4.79 Å². The molecule has 0 unspecified atom stereocenters. The Kier molecular flexibility index (Phi) is 6.96. The number of ether oxygens (including phenoxy) is 1. The monoisotopic (exact) mass is 445 g/mol. The lowest BCUT2D eigenvalue weighted by Crippen LogP contribution is -2.35. The fourth-order valence-corrected chi connectivity index (χ4v) is 6.77. The Morgan fingerprint density at radius 1 is 0.906 bits per heavy atom. The van der Waals surface area contributed by atoms with Crippen LogP contribution in [0.1, 0.15) is 32.8 Å². The predicted octanol–water partition coefficient (Wildman–Crippen LogP) is 5.24. The van der Waals surface area contributed by atoms with Crippen molar-refractivity contribution in [2.45, 2.75) is 39.2 Å². The van der Waals surface area contributed by atoms with E-state index in [-0.39, 0.29) is 6.09 Å². The van der Waals surface area contributed by atoms with Crippen LogP contribution in [-0.4, -0.2) is 29.7 Å². The Bertz CT molecular complexity index is 991. The quantitative estimate of drug-likeness (QED) is 0.503. The van der Waals surface area contributed by atoms with E-state index in [9.17, 15) is 4.79 Å². The maximum Gasteiger partial charge on any atom is 0.410 e. The molecule has 4 heteroatoms. The van der Waals surface area contributed by atoms with Gasteiger partial charge in [0.2, 0.25) is 0 Å². The second-order valence-electron chi connectivity index (χ2n) is 9.42. The van der Waals surface area contributed by atoms with Gasteiger partial charge in [-0.3, -0.25) is 0 Å². The molecule has 1 aliphatic heterocycles. The molecule has 1 amide bonds. The molecule has 0 N–H and O–H groups in total. The van der Waals surface area contributed by atoms with Gasteiger partial charge in [-0.1, -0.05) is 84.9 Å². The van der Waals surface area contributed by atoms with Gasteiger partial charge in [0.15, 0.2) is 0 Å². The molecule has 0 bridgehead atoms. The third-order valence-corrected chi connectivity index (χ3v) is 8.25. The van der Waals surface area contributed by atoms with Gasteiger partial charge >= 0.3 is 6.09 Å². The van der Waals surface area contributed by atoms with Crippen molar-refractivity contribution in [3.63, 3.8) is 0 Å². The average molecular weight is 446 g/mol. The van der Waals surface area contributed by atoms with E-state index in [0.29, 0.717) is 5.92 Å². The first kappa shape index (κ1) is 22.6. The summed E-state index contributed by atoms with van der Waals surface area (Å²) in [5.41, 5.74) is 0.936. The lowest BCUT2D eigenvalue weighted by atomic mass is 9.99. The smallest absolute Gasteiger partial charge is 0.410 e. The molecule has 1 fully saturated rings. The van der Waals surface area contributed by atoms with Crippen LogP contribution in [0.25, 0.3) is 0 Å². The van der Waals surface area contributed by atoms with Gasteiger partial charge in [0, 0.05) is 13.1 Å². The summed E-state index contributed by atoms with van der Waals surface area (Å²) in [6.45, 7) is 7.30. The Labute approximate surface area is 193 Å². The molecule has 1 heterocycles. The van der Waals surface area contributed by atoms with Gasteiger partial charge in [-0.25, -0.2) is 4.79 Å². The fraction of sp³-hybridized carbons (Fsp3) is 0.321. The van der Waals surface area contributed by atoms with Crippen molar-refractivity contribution in [1.29, 1.82) is 0 Å². The first-order valence-corrected chi connectivity index (χ1v) is 12.7. The third kappa shape index (κ3) is 5.58. The van der Waals surface area contributed by atoms with Crippen LogP contribution in [0.2, 0.25) is 0 Å². The second-order valence-corrected chi connectivity index (χ2v) is 11.6. The highest BCUT2D eigenvalue weighted by Gasteiger charge is 2.30. The first-order valence-electron chi connectivity index (χ1n) is 11.4. The maximum absolute atomic E-state index is 12.5. The zero-order valence-electron chi connectivity index (χ0n) is 19.2. The molecular weight excluding hydrogens is 413 g/mol. The summed E-state index contributed by atoms with van der Waals surface area (Å²) < 4.78 is 5.59. The lowest BCUT2D eigenvalue weighted by molar-refractivity contribution is 0.0288. The van der Waals surface area contributed by atoms with E-state index in [1.807, 2.05) is 25.7 Å². The van der Waals surface area contributed by atoms with Gasteiger partial charge in [-0.05, 0) is 68.9 Å². The van der Waals surface area contributed by atoms with Crippen molar-refractivity contribution in [2.75, 3.05) is 13.1 Å². The van der Waals surface area contributed by atoms with Crippen LogP contribution < -0.4 is 15.9 Å². The SMILES string of the molecule is CC(C)(C)OC(=O)N1CC[C@H](Cc2ccccc2P(c2ccccc2)c2ccccc2)C1. The molecule has 3 aromatic carbocycles. The topological polar surface area (TPSA) is 29.5 Å². The molecule has 166 valence electrons. The number of hydrogen-bond acceptors (Lipinski definition) is 2. The van der Waals surface area contributed by atoms with Crippen LogP contribution in [0, 0.1) is 5.92 Å². The van der Waals surface area contributed by atoms with Crippen molar-refractivity contribution in [3.05, 3.63) is 90.5 Å². The van der Waals surface area contributed by atoms with Crippen LogP contribution in [0.3, 0.4) is 0 Å². The number of likely N-dealkylation sites (tertiary alicyclic amines) is 1. The molecule has 4 rings (SSSR count). The molecule has 0 saturated carbocycles. The highest BCUT2D eigenvalue weighted by molar-refractivity contribution is 7.79. The largest absolute Gasteiger partial charge is 0.444 e. The summed E-state index contributed by atoms with van der Waals surface area (Å²) >= 11 is 0. The standard InChI is InChI=1S/C28H32NO2P/c1-28(2,3)31-27(30)29-19-18-22(21-29)20-23-12-10-11-17-26(23)32(24-13-6-4-7-14-24)25-15-8-5-9-16-25/h4-17,22H,18-21H2,1-3H3/t22-/m1/s1. The zero-order valence-corrected chi connectivity index (χ0v) is 20.1. The van der Waals surface area contributed by atoms with Crippen molar-refractivity contribution in [2.24, 2.45) is 5.92 Å². The maximum atomic E-state index is 12.5. The molecular formula is C28H32NO2P. The first-order chi connectivity index (χ1) is 15.4. The van der Waals surface area contributed by atoms with Crippen molar-refractivity contribution in [3.8, 4) is 0 Å². The van der Waals surface area contributed by atoms with E-state index in [1.165, 1.54) is 21.5 Å². The predicted molar refractivity (Wildman–Crippen MR) is 135 cm³/mol. The molecule has 3 nitrogen and oxygen atoms in total. The Hall–Kier alpha value is -2.64. The number of hydrogen-bond donors (Lipinski definition) is 0. The zero-order chi connectivity index (χ0) is 22.6. The molecule has 1 saturated heterocycles. The summed E-state index contributed by atoms with van der Waals surface area (Å²) in [6, 6.07) is 30.5. The average Bonchev–Trinajstić information content (AvgIpc) is 3.24. The van der Waals surface area contributed by atoms with Crippen LogP contribution in [0.5, 0.6) is 0 Å². The molecule has 0 aliphatic carbocycles. The number of benzene rings is 3. The normalized spacial score (nSPS) is 16.4. The van der Waals surface area contributed by atoms with Gasteiger partial charge in [0.25, 0.3) is 0 Å². The number of carbonyl (C=O) groups excluding carboxylic acids is 1. The summed E-state index contributed by atoms with van der Waals surface area (Å²) in [5, 5.41) is 4.14. The van der Waals surface area contributed by atoms with Gasteiger partial charge in [0.05, 0.1) is 0 Å². The molecule has 3 aromatic rings. The van der Waals surface area contributed by atoms with E-state index in [4.69, 9.17) is 4.74 Å². The highest BCUT2D eigenvalue weighted by Crippen LogP contribution is 2.35. The van der Waals surface area contributed by atoms with Gasteiger partial charge < -0.3 is 9.64 Å². The van der Waals surface area contributed by atoms with Gasteiger partial charge in [-0.15, -0.1) is 0 Å². The van der Waals surface area contributed by atoms with E-state index in [1.54, 1.807) is 0 Å². The molecule has 32 heavy (non-hydrogen) atoms. The van der Waals surface area contributed by atoms with Crippen molar-refractivity contribution < 1.29 is 9.53 Å². The van der Waals surface area contributed by atoms with Crippen molar-refractivity contribution in [1.82, 2.24) is 4.90 Å². The highest BCUT2D eigenvalue weighted by atomic mass is 31.1. The number of nitrogens with zero attached hydrogens (tertiary/aromatic N) is 1. The van der Waals surface area contributed by atoms with Crippen LogP contribution in [-0.2, 0) is 11.2 Å². The molecule has 0 aromatic heterocycles. The molecule has 1 aliphatic rings. The Morgan fingerprint density at radius 3 is 2.06 bits per heavy atom.